The fourth-order valence-electron chi connectivity index (χ4n) is 1.11. The van der Waals surface area contributed by atoms with Gasteiger partial charge in [-0.25, -0.2) is 4.98 Å². The van der Waals surface area contributed by atoms with E-state index in [4.69, 9.17) is 4.42 Å². The van der Waals surface area contributed by atoms with Crippen molar-refractivity contribution in [1.82, 2.24) is 9.97 Å². The van der Waals surface area contributed by atoms with E-state index in [9.17, 15) is 5.11 Å². The molecule has 0 aromatic carbocycles. The molecule has 1 N–H and O–H groups in total. The molecule has 72 valence electrons. The van der Waals surface area contributed by atoms with Crippen LogP contribution >= 0.6 is 0 Å². The van der Waals surface area contributed by atoms with E-state index in [1.54, 1.807) is 31.5 Å². The number of hydrogen-bond donors (Lipinski definition) is 1. The van der Waals surface area contributed by atoms with Crippen LogP contribution in [0.3, 0.4) is 0 Å². The Kier molecular flexibility index (Phi) is 2.28. The summed E-state index contributed by atoms with van der Waals surface area (Å²) < 4.78 is 5.21. The van der Waals surface area contributed by atoms with Crippen LogP contribution in [0.4, 0.5) is 0 Å². The molecule has 0 aliphatic carbocycles. The third kappa shape index (κ3) is 1.65. The predicted molar refractivity (Wildman–Crippen MR) is 50.4 cm³/mol. The summed E-state index contributed by atoms with van der Waals surface area (Å²) in [6, 6.07) is 3.61. The van der Waals surface area contributed by atoms with Gasteiger partial charge in [0.2, 0.25) is 5.89 Å². The zero-order chi connectivity index (χ0) is 9.97. The maximum absolute atomic E-state index is 9.25. The van der Waals surface area contributed by atoms with Crippen LogP contribution < -0.4 is 0 Å². The molecule has 14 heavy (non-hydrogen) atoms. The van der Waals surface area contributed by atoms with Gasteiger partial charge in [-0.3, -0.25) is 4.98 Å². The van der Waals surface area contributed by atoms with Gasteiger partial charge in [0.25, 0.3) is 0 Å². The van der Waals surface area contributed by atoms with Gasteiger partial charge in [0.15, 0.2) is 0 Å². The zero-order valence-corrected chi connectivity index (χ0v) is 7.71. The highest BCUT2D eigenvalue weighted by Gasteiger charge is 2.09. The maximum atomic E-state index is 9.25. The largest absolute Gasteiger partial charge is 0.444 e. The van der Waals surface area contributed by atoms with Gasteiger partial charge in [0, 0.05) is 18.0 Å². The molecule has 0 aliphatic rings. The summed E-state index contributed by atoms with van der Waals surface area (Å²) in [7, 11) is 0. The number of aliphatic hydroxyl groups excluding tert-OH is 1. The highest BCUT2D eigenvalue weighted by atomic mass is 16.3. The van der Waals surface area contributed by atoms with Gasteiger partial charge >= 0.3 is 0 Å². The summed E-state index contributed by atoms with van der Waals surface area (Å²) in [5.74, 6) is 0.503. The standard InChI is InChI=1S/C10H10N2O2/c1-7(13)9-6-14-10(12-9)8-2-4-11-5-3-8/h2-7,13H,1H3. The molecular formula is C10H10N2O2. The monoisotopic (exact) mass is 190 g/mol. The normalized spacial score (nSPS) is 12.7. The number of oxazole rings is 1. The summed E-state index contributed by atoms with van der Waals surface area (Å²) in [4.78, 5) is 8.03. The quantitative estimate of drug-likeness (QED) is 0.784. The second-order valence-corrected chi connectivity index (χ2v) is 2.99. The highest BCUT2D eigenvalue weighted by molar-refractivity contribution is 5.51. The summed E-state index contributed by atoms with van der Waals surface area (Å²) in [5.41, 5.74) is 1.39. The molecule has 0 saturated carbocycles. The Morgan fingerprint density at radius 2 is 2.07 bits per heavy atom. The van der Waals surface area contributed by atoms with E-state index in [1.165, 1.54) is 6.26 Å². The highest BCUT2D eigenvalue weighted by Crippen LogP contribution is 2.20. The van der Waals surface area contributed by atoms with Crippen LogP contribution in [0.25, 0.3) is 11.5 Å². The first-order valence-electron chi connectivity index (χ1n) is 4.31. The van der Waals surface area contributed by atoms with Crippen LogP contribution in [0.2, 0.25) is 0 Å². The van der Waals surface area contributed by atoms with Crippen LogP contribution in [0.15, 0.2) is 35.2 Å². The van der Waals surface area contributed by atoms with Crippen molar-refractivity contribution in [3.05, 3.63) is 36.5 Å². The number of aliphatic hydroxyl groups is 1. The lowest BCUT2D eigenvalue weighted by Gasteiger charge is -1.94. The summed E-state index contributed by atoms with van der Waals surface area (Å²) >= 11 is 0. The van der Waals surface area contributed by atoms with Crippen molar-refractivity contribution in [3.8, 4) is 11.5 Å². The minimum Gasteiger partial charge on any atom is -0.444 e. The summed E-state index contributed by atoms with van der Waals surface area (Å²) in [6.45, 7) is 1.65. The van der Waals surface area contributed by atoms with Crippen molar-refractivity contribution in [3.63, 3.8) is 0 Å². The van der Waals surface area contributed by atoms with Gasteiger partial charge < -0.3 is 9.52 Å². The molecule has 2 aromatic heterocycles. The van der Waals surface area contributed by atoms with Gasteiger partial charge in [-0.15, -0.1) is 0 Å². The first-order chi connectivity index (χ1) is 6.77. The van der Waals surface area contributed by atoms with Crippen LogP contribution in [-0.4, -0.2) is 15.1 Å². The smallest absolute Gasteiger partial charge is 0.226 e. The average molecular weight is 190 g/mol. The molecule has 4 heteroatoms. The molecule has 1 atom stereocenters. The predicted octanol–water partition coefficient (Wildman–Crippen LogP) is 1.79. The van der Waals surface area contributed by atoms with Crippen molar-refractivity contribution < 1.29 is 9.52 Å². The lowest BCUT2D eigenvalue weighted by molar-refractivity contribution is 0.194. The Morgan fingerprint density at radius 3 is 2.64 bits per heavy atom. The van der Waals surface area contributed by atoms with Gasteiger partial charge in [-0.05, 0) is 19.1 Å². The SMILES string of the molecule is CC(O)c1coc(-c2ccncc2)n1. The third-order valence-electron chi connectivity index (χ3n) is 1.88. The number of rotatable bonds is 2. The average Bonchev–Trinajstić information content (AvgIpc) is 2.68. The topological polar surface area (TPSA) is 59.2 Å². The number of nitrogens with zero attached hydrogens (tertiary/aromatic N) is 2. The van der Waals surface area contributed by atoms with Gasteiger partial charge in [0.1, 0.15) is 12.0 Å². The van der Waals surface area contributed by atoms with Crippen molar-refractivity contribution >= 4 is 0 Å². The maximum Gasteiger partial charge on any atom is 0.226 e. The fourth-order valence-corrected chi connectivity index (χ4v) is 1.11. The Morgan fingerprint density at radius 1 is 1.36 bits per heavy atom. The Balaban J connectivity index is 2.34. The molecule has 4 nitrogen and oxygen atoms in total. The van der Waals surface area contributed by atoms with E-state index < -0.39 is 6.10 Å². The molecule has 0 spiro atoms. The van der Waals surface area contributed by atoms with Gasteiger partial charge in [0.05, 0.1) is 6.10 Å². The second-order valence-electron chi connectivity index (χ2n) is 2.99. The van der Waals surface area contributed by atoms with Crippen LogP contribution in [-0.2, 0) is 0 Å². The van der Waals surface area contributed by atoms with Crippen molar-refractivity contribution in [2.45, 2.75) is 13.0 Å². The van der Waals surface area contributed by atoms with E-state index in [0.717, 1.165) is 5.56 Å². The van der Waals surface area contributed by atoms with Crippen LogP contribution in [0.5, 0.6) is 0 Å². The zero-order valence-electron chi connectivity index (χ0n) is 7.71. The van der Waals surface area contributed by atoms with E-state index in [-0.39, 0.29) is 0 Å². The molecule has 1 unspecified atom stereocenters. The molecule has 2 aromatic rings. The third-order valence-corrected chi connectivity index (χ3v) is 1.88. The number of aromatic nitrogens is 2. The molecule has 0 fully saturated rings. The minimum atomic E-state index is -0.602. The first-order valence-corrected chi connectivity index (χ1v) is 4.31. The molecular weight excluding hydrogens is 180 g/mol. The number of pyridine rings is 1. The lowest BCUT2D eigenvalue weighted by Crippen LogP contribution is -1.90. The van der Waals surface area contributed by atoms with Crippen LogP contribution in [0.1, 0.15) is 18.7 Å². The first kappa shape index (κ1) is 8.90. The van der Waals surface area contributed by atoms with Gasteiger partial charge in [-0.2, -0.15) is 0 Å². The summed E-state index contributed by atoms with van der Waals surface area (Å²) in [5, 5.41) is 9.25. The van der Waals surface area contributed by atoms with E-state index in [1.807, 2.05) is 0 Å². The molecule has 0 aliphatic heterocycles. The van der Waals surface area contributed by atoms with Crippen molar-refractivity contribution in [2.24, 2.45) is 0 Å². The second kappa shape index (κ2) is 3.59. The Bertz CT molecular complexity index is 409. The molecule has 0 bridgehead atoms. The Hall–Kier alpha value is -1.68. The van der Waals surface area contributed by atoms with Gasteiger partial charge in [-0.1, -0.05) is 0 Å². The van der Waals surface area contributed by atoms with Crippen molar-refractivity contribution in [1.29, 1.82) is 0 Å². The fraction of sp³-hybridized carbons (Fsp3) is 0.200. The number of hydrogen-bond acceptors (Lipinski definition) is 4. The van der Waals surface area contributed by atoms with E-state index in [2.05, 4.69) is 9.97 Å². The van der Waals surface area contributed by atoms with E-state index in [0.29, 0.717) is 11.6 Å². The molecule has 0 radical (unpaired) electrons. The minimum absolute atomic E-state index is 0.503. The van der Waals surface area contributed by atoms with Crippen LogP contribution in [0, 0.1) is 0 Å². The summed E-state index contributed by atoms with van der Waals surface area (Å²) in [6.07, 6.45) is 4.19. The molecule has 0 amide bonds. The van der Waals surface area contributed by atoms with Crippen molar-refractivity contribution in [2.75, 3.05) is 0 Å². The molecule has 2 heterocycles. The Labute approximate surface area is 81.2 Å². The molecule has 2 rings (SSSR count). The lowest BCUT2D eigenvalue weighted by atomic mass is 10.3. The molecule has 0 saturated heterocycles. The van der Waals surface area contributed by atoms with E-state index >= 15 is 0 Å².